The van der Waals surface area contributed by atoms with Gasteiger partial charge in [0.25, 0.3) is 0 Å². The third kappa shape index (κ3) is 3.70. The summed E-state index contributed by atoms with van der Waals surface area (Å²) in [6.45, 7) is 1.69. The largest absolute Gasteiger partial charge is 0.445 e. The lowest BCUT2D eigenvalue weighted by molar-refractivity contribution is 0.0911. The summed E-state index contributed by atoms with van der Waals surface area (Å²) in [6, 6.07) is 9.44. The van der Waals surface area contributed by atoms with Gasteiger partial charge in [0.1, 0.15) is 12.8 Å². The van der Waals surface area contributed by atoms with Gasteiger partial charge in [0, 0.05) is 19.6 Å². The molecule has 1 aliphatic heterocycles. The van der Waals surface area contributed by atoms with Crippen LogP contribution in [0.3, 0.4) is 0 Å². The van der Waals surface area contributed by atoms with Crippen molar-refractivity contribution < 1.29 is 13.9 Å². The summed E-state index contributed by atoms with van der Waals surface area (Å²) in [5, 5.41) is 2.93. The zero-order chi connectivity index (χ0) is 12.8. The van der Waals surface area contributed by atoms with Gasteiger partial charge in [-0.3, -0.25) is 0 Å². The van der Waals surface area contributed by atoms with Crippen LogP contribution in [0.5, 0.6) is 0 Å². The van der Waals surface area contributed by atoms with E-state index in [-0.39, 0.29) is 13.2 Å². The van der Waals surface area contributed by atoms with Crippen molar-refractivity contribution in [3.63, 3.8) is 0 Å². The average molecular weight is 252 g/mol. The molecule has 1 atom stereocenters. The van der Waals surface area contributed by atoms with Crippen LogP contribution < -0.4 is 5.32 Å². The molecule has 1 unspecified atom stereocenters. The maximum atomic E-state index is 13.3. The molecule has 98 valence electrons. The van der Waals surface area contributed by atoms with E-state index < -0.39 is 12.3 Å². The molecule has 1 saturated heterocycles. The van der Waals surface area contributed by atoms with Crippen LogP contribution in [0, 0.1) is 0 Å². The number of nitrogens with zero attached hydrogens (tertiary/aromatic N) is 1. The van der Waals surface area contributed by atoms with Gasteiger partial charge in [-0.2, -0.15) is 0 Å². The highest BCUT2D eigenvalue weighted by atomic mass is 19.1. The van der Waals surface area contributed by atoms with Gasteiger partial charge in [0.15, 0.2) is 0 Å². The van der Waals surface area contributed by atoms with Crippen molar-refractivity contribution in [1.29, 1.82) is 0 Å². The number of ether oxygens (including phenoxy) is 1. The number of rotatable bonds is 2. The zero-order valence-electron chi connectivity index (χ0n) is 10.1. The predicted octanol–water partition coefficient (Wildman–Crippen LogP) is 1.57. The molecule has 0 aromatic heterocycles. The molecule has 18 heavy (non-hydrogen) atoms. The summed E-state index contributed by atoms with van der Waals surface area (Å²) in [4.78, 5) is 13.2. The summed E-state index contributed by atoms with van der Waals surface area (Å²) in [5.74, 6) is 0. The summed E-state index contributed by atoms with van der Waals surface area (Å²) in [7, 11) is 0. The van der Waals surface area contributed by atoms with Gasteiger partial charge in [0.05, 0.1) is 6.54 Å². The van der Waals surface area contributed by atoms with E-state index in [1.165, 1.54) is 4.90 Å². The van der Waals surface area contributed by atoms with Gasteiger partial charge < -0.3 is 15.0 Å². The van der Waals surface area contributed by atoms with E-state index in [0.29, 0.717) is 19.6 Å². The Morgan fingerprint density at radius 2 is 2.22 bits per heavy atom. The van der Waals surface area contributed by atoms with E-state index in [0.717, 1.165) is 5.56 Å². The summed E-state index contributed by atoms with van der Waals surface area (Å²) < 4.78 is 18.5. The SMILES string of the molecule is O=C(OCc1ccccc1)N1CCNCC(F)C1. The highest BCUT2D eigenvalue weighted by Crippen LogP contribution is 2.06. The molecule has 0 aliphatic carbocycles. The Morgan fingerprint density at radius 3 is 3.00 bits per heavy atom. The van der Waals surface area contributed by atoms with Crippen molar-refractivity contribution in [3.05, 3.63) is 35.9 Å². The minimum absolute atomic E-state index is 0.0978. The Balaban J connectivity index is 1.83. The van der Waals surface area contributed by atoms with Crippen molar-refractivity contribution in [1.82, 2.24) is 10.2 Å². The number of amides is 1. The molecule has 1 heterocycles. The third-order valence-corrected chi connectivity index (χ3v) is 2.81. The van der Waals surface area contributed by atoms with Crippen molar-refractivity contribution in [2.75, 3.05) is 26.2 Å². The number of hydrogen-bond donors (Lipinski definition) is 1. The fraction of sp³-hybridized carbons (Fsp3) is 0.462. The molecule has 0 radical (unpaired) electrons. The summed E-state index contributed by atoms with van der Waals surface area (Å²) >= 11 is 0. The van der Waals surface area contributed by atoms with E-state index in [9.17, 15) is 9.18 Å². The van der Waals surface area contributed by atoms with Crippen LogP contribution in [0.1, 0.15) is 5.56 Å². The highest BCUT2D eigenvalue weighted by molar-refractivity contribution is 5.67. The maximum Gasteiger partial charge on any atom is 0.410 e. The van der Waals surface area contributed by atoms with Crippen LogP contribution >= 0.6 is 0 Å². The van der Waals surface area contributed by atoms with Gasteiger partial charge in [-0.05, 0) is 5.56 Å². The molecule has 1 aliphatic rings. The van der Waals surface area contributed by atoms with Crippen molar-refractivity contribution in [2.24, 2.45) is 0 Å². The first-order valence-electron chi connectivity index (χ1n) is 6.06. The second-order valence-corrected chi connectivity index (χ2v) is 4.29. The average Bonchev–Trinajstić information content (AvgIpc) is 2.62. The minimum Gasteiger partial charge on any atom is -0.445 e. The molecule has 1 aromatic rings. The van der Waals surface area contributed by atoms with Crippen LogP contribution in [0.15, 0.2) is 30.3 Å². The van der Waals surface area contributed by atoms with Crippen molar-refractivity contribution in [3.8, 4) is 0 Å². The number of benzene rings is 1. The Hall–Kier alpha value is -1.62. The zero-order valence-corrected chi connectivity index (χ0v) is 10.1. The van der Waals surface area contributed by atoms with Crippen molar-refractivity contribution in [2.45, 2.75) is 12.8 Å². The standard InChI is InChI=1S/C13H17FN2O2/c14-12-8-15-6-7-16(9-12)13(17)18-10-11-4-2-1-3-5-11/h1-5,12,15H,6-10H2. The lowest BCUT2D eigenvalue weighted by Gasteiger charge is -2.20. The first-order valence-corrected chi connectivity index (χ1v) is 6.06. The molecule has 1 N–H and O–H groups in total. The fourth-order valence-corrected chi connectivity index (χ4v) is 1.84. The first kappa shape index (κ1) is 12.8. The van der Waals surface area contributed by atoms with E-state index in [2.05, 4.69) is 5.32 Å². The fourth-order valence-electron chi connectivity index (χ4n) is 1.84. The second kappa shape index (κ2) is 6.35. The number of hydrogen-bond acceptors (Lipinski definition) is 3. The Labute approximate surface area is 106 Å². The van der Waals surface area contributed by atoms with E-state index >= 15 is 0 Å². The molecule has 0 saturated carbocycles. The molecule has 2 rings (SSSR count). The summed E-state index contributed by atoms with van der Waals surface area (Å²) in [6.07, 6.45) is -1.48. The second-order valence-electron chi connectivity index (χ2n) is 4.29. The van der Waals surface area contributed by atoms with Gasteiger partial charge in [-0.15, -0.1) is 0 Å². The molecule has 1 fully saturated rings. The van der Waals surface area contributed by atoms with Crippen LogP contribution in [0.2, 0.25) is 0 Å². The summed E-state index contributed by atoms with van der Waals surface area (Å²) in [5.41, 5.74) is 0.926. The van der Waals surface area contributed by atoms with Crippen LogP contribution in [0.4, 0.5) is 9.18 Å². The van der Waals surface area contributed by atoms with E-state index in [4.69, 9.17) is 4.74 Å². The number of halogens is 1. The molecule has 0 bridgehead atoms. The monoisotopic (exact) mass is 252 g/mol. The van der Waals surface area contributed by atoms with Crippen LogP contribution in [-0.4, -0.2) is 43.3 Å². The minimum atomic E-state index is -1.03. The Bertz CT molecular complexity index is 386. The Morgan fingerprint density at radius 1 is 1.44 bits per heavy atom. The number of nitrogens with one attached hydrogen (secondary N) is 1. The highest BCUT2D eigenvalue weighted by Gasteiger charge is 2.22. The molecular weight excluding hydrogens is 235 g/mol. The smallest absolute Gasteiger partial charge is 0.410 e. The predicted molar refractivity (Wildman–Crippen MR) is 66.0 cm³/mol. The lowest BCUT2D eigenvalue weighted by Crippen LogP contribution is -2.36. The molecular formula is C13H17FN2O2. The third-order valence-electron chi connectivity index (χ3n) is 2.81. The van der Waals surface area contributed by atoms with Crippen molar-refractivity contribution >= 4 is 6.09 Å². The topological polar surface area (TPSA) is 41.6 Å². The normalized spacial score (nSPS) is 20.3. The van der Waals surface area contributed by atoms with Gasteiger partial charge >= 0.3 is 6.09 Å². The molecule has 1 amide bonds. The number of carbonyl (C=O) groups is 1. The quantitative estimate of drug-likeness (QED) is 0.868. The molecule has 1 aromatic carbocycles. The van der Waals surface area contributed by atoms with Gasteiger partial charge in [-0.25, -0.2) is 9.18 Å². The maximum absolute atomic E-state index is 13.3. The van der Waals surface area contributed by atoms with E-state index in [1.54, 1.807) is 0 Å². The van der Waals surface area contributed by atoms with Gasteiger partial charge in [-0.1, -0.05) is 30.3 Å². The number of alkyl halides is 1. The lowest BCUT2D eigenvalue weighted by atomic mass is 10.2. The number of carbonyl (C=O) groups excluding carboxylic acids is 1. The van der Waals surface area contributed by atoms with Crippen LogP contribution in [0.25, 0.3) is 0 Å². The molecule has 4 nitrogen and oxygen atoms in total. The van der Waals surface area contributed by atoms with Crippen LogP contribution in [-0.2, 0) is 11.3 Å². The Kier molecular flexibility index (Phi) is 4.52. The van der Waals surface area contributed by atoms with E-state index in [1.807, 2.05) is 30.3 Å². The molecule has 0 spiro atoms. The first-order chi connectivity index (χ1) is 8.75. The molecule has 5 heteroatoms. The van der Waals surface area contributed by atoms with Gasteiger partial charge in [0.2, 0.25) is 0 Å².